The summed E-state index contributed by atoms with van der Waals surface area (Å²) in [5.41, 5.74) is 3.39. The molecule has 2 aromatic carbocycles. The maximum atomic E-state index is 11.5. The normalized spacial score (nSPS) is 16.2. The Morgan fingerprint density at radius 2 is 1.76 bits per heavy atom. The van der Waals surface area contributed by atoms with Gasteiger partial charge in [0.15, 0.2) is 5.65 Å². The number of anilines is 1. The van der Waals surface area contributed by atoms with Gasteiger partial charge in [-0.15, -0.1) is 0 Å². The van der Waals surface area contributed by atoms with Gasteiger partial charge in [-0.25, -0.2) is 19.7 Å². The van der Waals surface area contributed by atoms with E-state index in [1.807, 2.05) is 41.0 Å². The zero-order valence-corrected chi connectivity index (χ0v) is 18.1. The number of rotatable bonds is 7. The van der Waals surface area contributed by atoms with Crippen LogP contribution in [0.1, 0.15) is 53.2 Å². The van der Waals surface area contributed by atoms with Gasteiger partial charge in [-0.2, -0.15) is 0 Å². The van der Waals surface area contributed by atoms with Crippen molar-refractivity contribution in [3.63, 3.8) is 0 Å². The Morgan fingerprint density at radius 1 is 1.06 bits per heavy atom. The minimum atomic E-state index is -1.17. The quantitative estimate of drug-likeness (QED) is 0.434. The van der Waals surface area contributed by atoms with E-state index in [0.717, 1.165) is 19.3 Å². The van der Waals surface area contributed by atoms with Crippen molar-refractivity contribution in [2.75, 3.05) is 18.5 Å². The molecule has 1 aliphatic rings. The summed E-state index contributed by atoms with van der Waals surface area (Å²) < 4.78 is 7.91. The monoisotopic (exact) mass is 443 g/mol. The highest BCUT2D eigenvalue weighted by molar-refractivity contribution is 5.86. The molecule has 0 spiro atoms. The number of hydrogen-bond donors (Lipinski definition) is 2. The molecule has 168 valence electrons. The molecule has 33 heavy (non-hydrogen) atoms. The summed E-state index contributed by atoms with van der Waals surface area (Å²) in [6.07, 6.45) is 4.05. The van der Waals surface area contributed by atoms with Crippen LogP contribution in [0.25, 0.3) is 11.2 Å². The van der Waals surface area contributed by atoms with Gasteiger partial charge in [0.1, 0.15) is 11.7 Å². The fourth-order valence-corrected chi connectivity index (χ4v) is 4.31. The molecule has 0 radical (unpaired) electrons. The number of ether oxygens (including phenoxy) is 1. The average molecular weight is 444 g/mol. The molecule has 1 saturated heterocycles. The van der Waals surface area contributed by atoms with Crippen molar-refractivity contribution in [3.8, 4) is 0 Å². The van der Waals surface area contributed by atoms with Crippen molar-refractivity contribution in [1.82, 2.24) is 19.5 Å². The van der Waals surface area contributed by atoms with E-state index in [0.29, 0.717) is 30.3 Å². The van der Waals surface area contributed by atoms with Crippen molar-refractivity contribution >= 4 is 23.1 Å². The van der Waals surface area contributed by atoms with E-state index in [4.69, 9.17) is 9.72 Å². The molecule has 8 nitrogen and oxygen atoms in total. The van der Waals surface area contributed by atoms with Gasteiger partial charge in [-0.05, 0) is 30.4 Å². The molecule has 0 bridgehead atoms. The number of imidazole rings is 1. The molecule has 0 amide bonds. The van der Waals surface area contributed by atoms with E-state index in [9.17, 15) is 9.90 Å². The van der Waals surface area contributed by atoms with E-state index >= 15 is 0 Å². The molecule has 1 atom stereocenters. The van der Waals surface area contributed by atoms with Gasteiger partial charge in [0.2, 0.25) is 11.8 Å². The van der Waals surface area contributed by atoms with Gasteiger partial charge in [-0.3, -0.25) is 4.57 Å². The Labute approximate surface area is 191 Å². The standard InChI is InChI=1S/C25H25N5O3/c31-24(32)22-26-16-20-23(29-22)30(21-13-7-8-14-33-21)25(28-20)27-15-19(17-9-3-1-4-10-17)18-11-5-2-6-12-18/h1-6,9-12,16,19,21H,7-8,13-15H2,(H,27,28)(H,31,32). The Kier molecular flexibility index (Phi) is 5.99. The number of hydrogen-bond acceptors (Lipinski definition) is 6. The van der Waals surface area contributed by atoms with Gasteiger partial charge >= 0.3 is 5.97 Å². The molecule has 4 aromatic rings. The number of carboxylic acid groups (broad SMARTS) is 1. The Bertz CT molecular complexity index is 1200. The molecule has 0 saturated carbocycles. The lowest BCUT2D eigenvalue weighted by Gasteiger charge is -2.26. The lowest BCUT2D eigenvalue weighted by Crippen LogP contribution is -2.22. The van der Waals surface area contributed by atoms with Crippen molar-refractivity contribution in [1.29, 1.82) is 0 Å². The van der Waals surface area contributed by atoms with E-state index in [1.165, 1.54) is 17.3 Å². The third-order valence-electron chi connectivity index (χ3n) is 5.94. The first kappa shape index (κ1) is 21.1. The zero-order chi connectivity index (χ0) is 22.6. The smallest absolute Gasteiger partial charge is 0.374 e. The van der Waals surface area contributed by atoms with Crippen LogP contribution in [0.5, 0.6) is 0 Å². The topological polar surface area (TPSA) is 102 Å². The van der Waals surface area contributed by atoms with Crippen LogP contribution in [-0.2, 0) is 4.74 Å². The minimum absolute atomic E-state index is 0.105. The summed E-state index contributed by atoms with van der Waals surface area (Å²) in [6, 6.07) is 20.7. The first-order valence-electron chi connectivity index (χ1n) is 11.1. The number of carbonyl (C=O) groups is 1. The SMILES string of the molecule is O=C(O)c1ncc2nc(NCC(c3ccccc3)c3ccccc3)n(C3CCCCO3)c2n1. The lowest BCUT2D eigenvalue weighted by molar-refractivity contribution is -0.0285. The third-order valence-corrected chi connectivity index (χ3v) is 5.94. The fourth-order valence-electron chi connectivity index (χ4n) is 4.31. The Morgan fingerprint density at radius 3 is 2.36 bits per heavy atom. The van der Waals surface area contributed by atoms with Crippen LogP contribution in [0.4, 0.5) is 5.95 Å². The van der Waals surface area contributed by atoms with Crippen molar-refractivity contribution < 1.29 is 14.6 Å². The van der Waals surface area contributed by atoms with Gasteiger partial charge in [0.25, 0.3) is 0 Å². The summed E-state index contributed by atoms with van der Waals surface area (Å²) in [7, 11) is 0. The second-order valence-corrected chi connectivity index (χ2v) is 8.09. The predicted molar refractivity (Wildman–Crippen MR) is 124 cm³/mol. The number of aromatic carboxylic acids is 1. The predicted octanol–water partition coefficient (Wildman–Crippen LogP) is 4.47. The maximum absolute atomic E-state index is 11.5. The van der Waals surface area contributed by atoms with E-state index in [2.05, 4.69) is 39.6 Å². The van der Waals surface area contributed by atoms with Gasteiger partial charge in [0.05, 0.1) is 6.20 Å². The van der Waals surface area contributed by atoms with Crippen molar-refractivity contribution in [2.45, 2.75) is 31.4 Å². The summed E-state index contributed by atoms with van der Waals surface area (Å²) in [5, 5.41) is 12.9. The first-order valence-corrected chi connectivity index (χ1v) is 11.1. The molecular formula is C25H25N5O3. The van der Waals surface area contributed by atoms with Crippen LogP contribution in [0, 0.1) is 0 Å². The highest BCUT2D eigenvalue weighted by Gasteiger charge is 2.25. The number of nitrogens with one attached hydrogen (secondary N) is 1. The first-order chi connectivity index (χ1) is 16.2. The number of fused-ring (bicyclic) bond motifs is 1. The minimum Gasteiger partial charge on any atom is -0.475 e. The van der Waals surface area contributed by atoms with Gasteiger partial charge in [-0.1, -0.05) is 60.7 Å². The summed E-state index contributed by atoms with van der Waals surface area (Å²) in [4.78, 5) is 24.4. The summed E-state index contributed by atoms with van der Waals surface area (Å²) in [6.45, 7) is 1.25. The molecule has 1 fully saturated rings. The molecule has 1 unspecified atom stereocenters. The fraction of sp³-hybridized carbons (Fsp3) is 0.280. The number of benzene rings is 2. The van der Waals surface area contributed by atoms with Gasteiger partial charge < -0.3 is 15.2 Å². The molecule has 2 aromatic heterocycles. The Hall–Kier alpha value is -3.78. The van der Waals surface area contributed by atoms with E-state index in [-0.39, 0.29) is 18.0 Å². The lowest BCUT2D eigenvalue weighted by atomic mass is 9.91. The van der Waals surface area contributed by atoms with Crippen LogP contribution in [-0.4, -0.2) is 43.7 Å². The molecule has 2 N–H and O–H groups in total. The summed E-state index contributed by atoms with van der Waals surface area (Å²) in [5.74, 6) is -0.714. The third kappa shape index (κ3) is 4.42. The molecular weight excluding hydrogens is 418 g/mol. The molecule has 8 heteroatoms. The van der Waals surface area contributed by atoms with Gasteiger partial charge in [0, 0.05) is 19.1 Å². The molecule has 5 rings (SSSR count). The van der Waals surface area contributed by atoms with Crippen LogP contribution in [0.3, 0.4) is 0 Å². The maximum Gasteiger partial charge on any atom is 0.374 e. The highest BCUT2D eigenvalue weighted by Crippen LogP contribution is 2.31. The second-order valence-electron chi connectivity index (χ2n) is 8.09. The van der Waals surface area contributed by atoms with Crippen LogP contribution in [0.2, 0.25) is 0 Å². The second kappa shape index (κ2) is 9.38. The van der Waals surface area contributed by atoms with Crippen molar-refractivity contribution in [3.05, 3.63) is 83.8 Å². The summed E-state index contributed by atoms with van der Waals surface area (Å²) >= 11 is 0. The van der Waals surface area contributed by atoms with E-state index < -0.39 is 5.97 Å². The zero-order valence-electron chi connectivity index (χ0n) is 18.1. The van der Waals surface area contributed by atoms with Crippen LogP contribution in [0.15, 0.2) is 66.9 Å². The van der Waals surface area contributed by atoms with Crippen molar-refractivity contribution in [2.24, 2.45) is 0 Å². The van der Waals surface area contributed by atoms with Crippen LogP contribution < -0.4 is 5.32 Å². The molecule has 1 aliphatic heterocycles. The highest BCUT2D eigenvalue weighted by atomic mass is 16.5. The number of nitrogens with zero attached hydrogens (tertiary/aromatic N) is 4. The Balaban J connectivity index is 1.52. The average Bonchev–Trinajstić information content (AvgIpc) is 3.23. The van der Waals surface area contributed by atoms with E-state index in [1.54, 1.807) is 0 Å². The number of carboxylic acids is 1. The molecule has 3 heterocycles. The van der Waals surface area contributed by atoms with Crippen LogP contribution >= 0.6 is 0 Å². The number of aromatic nitrogens is 4. The molecule has 0 aliphatic carbocycles. The largest absolute Gasteiger partial charge is 0.475 e.